The number of ether oxygens (including phenoxy) is 2. The highest BCUT2D eigenvalue weighted by atomic mass is 16.5. The van der Waals surface area contributed by atoms with Gasteiger partial charge in [-0.25, -0.2) is 0 Å². The van der Waals surface area contributed by atoms with Crippen LogP contribution >= 0.6 is 0 Å². The van der Waals surface area contributed by atoms with Crippen molar-refractivity contribution < 1.29 is 9.47 Å². The van der Waals surface area contributed by atoms with Crippen LogP contribution in [0.3, 0.4) is 0 Å². The van der Waals surface area contributed by atoms with E-state index in [1.54, 1.807) is 0 Å². The van der Waals surface area contributed by atoms with Gasteiger partial charge in [0.05, 0.1) is 51.2 Å². The summed E-state index contributed by atoms with van der Waals surface area (Å²) >= 11 is 0. The van der Waals surface area contributed by atoms with Crippen molar-refractivity contribution in [2.75, 3.05) is 67.7 Å². The van der Waals surface area contributed by atoms with Gasteiger partial charge in [0.15, 0.2) is 0 Å². The maximum Gasteiger partial charge on any atom is 0.0953 e. The zero-order valence-electron chi connectivity index (χ0n) is 13.8. The predicted molar refractivity (Wildman–Crippen MR) is 85.0 cm³/mol. The Morgan fingerprint density at radius 2 is 1.05 bits per heavy atom. The van der Waals surface area contributed by atoms with E-state index in [2.05, 4.69) is 9.98 Å². The zero-order chi connectivity index (χ0) is 15.4. The van der Waals surface area contributed by atoms with E-state index < -0.39 is 0 Å². The zero-order valence-corrected chi connectivity index (χ0v) is 13.8. The Balaban J connectivity index is 3.38. The van der Waals surface area contributed by atoms with Gasteiger partial charge in [-0.2, -0.15) is 0 Å². The molecule has 0 amide bonds. The molecule has 0 atom stereocenters. The second-order valence-electron chi connectivity index (χ2n) is 4.87. The van der Waals surface area contributed by atoms with Crippen molar-refractivity contribution in [1.82, 2.24) is 9.80 Å². The Bertz CT molecular complexity index is 272. The molecule has 6 nitrogen and oxygen atoms in total. The van der Waals surface area contributed by atoms with Gasteiger partial charge in [-0.1, -0.05) is 0 Å². The van der Waals surface area contributed by atoms with Gasteiger partial charge in [0.2, 0.25) is 0 Å². The molecular weight excluding hydrogens is 256 g/mol. The van der Waals surface area contributed by atoms with Gasteiger partial charge in [0.1, 0.15) is 0 Å². The fourth-order valence-corrected chi connectivity index (χ4v) is 1.15. The van der Waals surface area contributed by atoms with Crippen LogP contribution in [0.5, 0.6) is 0 Å². The summed E-state index contributed by atoms with van der Waals surface area (Å²) in [6.07, 6.45) is 0. The molecule has 0 bridgehead atoms. The molecule has 6 heteroatoms. The van der Waals surface area contributed by atoms with Crippen LogP contribution in [0.1, 0.15) is 13.8 Å². The molecule has 0 heterocycles. The lowest BCUT2D eigenvalue weighted by atomic mass is 10.6. The predicted octanol–water partition coefficient (Wildman–Crippen LogP) is 0.980. The van der Waals surface area contributed by atoms with Crippen LogP contribution in [0.4, 0.5) is 0 Å². The monoisotopic (exact) mass is 286 g/mol. The molecule has 0 saturated carbocycles. The topological polar surface area (TPSA) is 49.7 Å². The average molecular weight is 286 g/mol. The third-order valence-corrected chi connectivity index (χ3v) is 2.82. The van der Waals surface area contributed by atoms with Crippen molar-refractivity contribution in [1.29, 1.82) is 0 Å². The molecule has 0 aliphatic heterocycles. The van der Waals surface area contributed by atoms with E-state index in [1.807, 2.05) is 51.8 Å². The summed E-state index contributed by atoms with van der Waals surface area (Å²) in [6, 6.07) is 0. The lowest BCUT2D eigenvalue weighted by molar-refractivity contribution is 0.0540. The molecule has 0 N–H and O–H groups in total. The molecule has 0 aliphatic rings. The van der Waals surface area contributed by atoms with E-state index in [0.717, 1.165) is 11.7 Å². The molecular formula is C14H30N4O2. The van der Waals surface area contributed by atoms with Crippen LogP contribution < -0.4 is 0 Å². The molecule has 0 spiro atoms. The van der Waals surface area contributed by atoms with E-state index in [1.165, 1.54) is 0 Å². The lowest BCUT2D eigenvalue weighted by Crippen LogP contribution is -2.19. The molecule has 0 radical (unpaired) electrons. The molecule has 0 rings (SSSR count). The minimum absolute atomic E-state index is 0.604. The first kappa shape index (κ1) is 18.9. The molecule has 0 fully saturated rings. The van der Waals surface area contributed by atoms with Gasteiger partial charge in [-0.3, -0.25) is 9.98 Å². The van der Waals surface area contributed by atoms with Crippen LogP contribution in [0.2, 0.25) is 0 Å². The summed E-state index contributed by atoms with van der Waals surface area (Å²) in [5.74, 6) is 2.03. The summed E-state index contributed by atoms with van der Waals surface area (Å²) in [5, 5.41) is 0. The average Bonchev–Trinajstić information content (AvgIpc) is 2.39. The number of rotatable bonds is 9. The van der Waals surface area contributed by atoms with E-state index in [4.69, 9.17) is 9.47 Å². The summed E-state index contributed by atoms with van der Waals surface area (Å²) in [7, 11) is 7.92. The van der Waals surface area contributed by atoms with Crippen molar-refractivity contribution in [2.24, 2.45) is 9.98 Å². The fraction of sp³-hybridized carbons (Fsp3) is 0.857. The molecule has 118 valence electrons. The Labute approximate surface area is 123 Å². The van der Waals surface area contributed by atoms with Gasteiger partial charge in [-0.05, 0) is 13.8 Å². The number of hydrogen-bond donors (Lipinski definition) is 0. The summed E-state index contributed by atoms with van der Waals surface area (Å²) < 4.78 is 10.9. The van der Waals surface area contributed by atoms with E-state index in [0.29, 0.717) is 39.5 Å². The number of nitrogens with zero attached hydrogens (tertiary/aromatic N) is 4. The van der Waals surface area contributed by atoms with E-state index in [9.17, 15) is 0 Å². The third-order valence-electron chi connectivity index (χ3n) is 2.82. The summed E-state index contributed by atoms with van der Waals surface area (Å²) in [6.45, 7) is 7.82. The van der Waals surface area contributed by atoms with Crippen LogP contribution in [0.25, 0.3) is 0 Å². The highest BCUT2D eigenvalue weighted by molar-refractivity contribution is 5.79. The second-order valence-corrected chi connectivity index (χ2v) is 4.87. The van der Waals surface area contributed by atoms with Crippen LogP contribution in [0.15, 0.2) is 9.98 Å². The smallest absolute Gasteiger partial charge is 0.0953 e. The first-order valence-corrected chi connectivity index (χ1v) is 6.97. The highest BCUT2D eigenvalue weighted by Crippen LogP contribution is 1.86. The molecule has 0 aromatic heterocycles. The minimum atomic E-state index is 0.604. The summed E-state index contributed by atoms with van der Waals surface area (Å²) in [4.78, 5) is 12.7. The molecule has 0 saturated heterocycles. The largest absolute Gasteiger partial charge is 0.377 e. The van der Waals surface area contributed by atoms with Gasteiger partial charge in [0, 0.05) is 28.2 Å². The number of aliphatic imine (C=N–C) groups is 2. The number of amidine groups is 2. The van der Waals surface area contributed by atoms with Crippen molar-refractivity contribution >= 4 is 11.7 Å². The molecule has 0 aliphatic carbocycles. The van der Waals surface area contributed by atoms with Crippen molar-refractivity contribution in [3.63, 3.8) is 0 Å². The van der Waals surface area contributed by atoms with Crippen molar-refractivity contribution in [3.05, 3.63) is 0 Å². The normalized spacial score (nSPS) is 12.7. The first-order valence-electron chi connectivity index (χ1n) is 6.97. The summed E-state index contributed by atoms with van der Waals surface area (Å²) in [5.41, 5.74) is 0. The van der Waals surface area contributed by atoms with E-state index in [-0.39, 0.29) is 0 Å². The van der Waals surface area contributed by atoms with Crippen molar-refractivity contribution in [2.45, 2.75) is 13.8 Å². The van der Waals surface area contributed by atoms with E-state index >= 15 is 0 Å². The molecule has 0 aromatic rings. The maximum absolute atomic E-state index is 5.44. The standard InChI is InChI=1S/C14H30N4O2/c1-13(17(3)4)15-7-9-19-11-12-20-10-8-16-14(2)18(5)6/h7-12H2,1-6H3. The van der Waals surface area contributed by atoms with Gasteiger partial charge >= 0.3 is 0 Å². The van der Waals surface area contributed by atoms with Gasteiger partial charge in [0.25, 0.3) is 0 Å². The van der Waals surface area contributed by atoms with Crippen molar-refractivity contribution in [3.8, 4) is 0 Å². The van der Waals surface area contributed by atoms with Crippen LogP contribution in [-0.4, -0.2) is 89.2 Å². The molecule has 0 aromatic carbocycles. The quantitative estimate of drug-likeness (QED) is 0.360. The highest BCUT2D eigenvalue weighted by Gasteiger charge is 1.94. The Kier molecular flexibility index (Phi) is 11.0. The number of hydrogen-bond acceptors (Lipinski definition) is 4. The Morgan fingerprint density at radius 3 is 1.35 bits per heavy atom. The Morgan fingerprint density at radius 1 is 0.700 bits per heavy atom. The SMILES string of the molecule is CC(=NCCOCCOCCN=C(C)N(C)C)N(C)C. The van der Waals surface area contributed by atoms with Crippen LogP contribution in [0, 0.1) is 0 Å². The minimum Gasteiger partial charge on any atom is -0.377 e. The van der Waals surface area contributed by atoms with Crippen LogP contribution in [-0.2, 0) is 9.47 Å². The molecule has 20 heavy (non-hydrogen) atoms. The van der Waals surface area contributed by atoms with Gasteiger partial charge in [-0.15, -0.1) is 0 Å². The fourth-order valence-electron chi connectivity index (χ4n) is 1.15. The third kappa shape index (κ3) is 10.8. The first-order chi connectivity index (χ1) is 9.45. The molecule has 0 unspecified atom stereocenters. The second kappa shape index (κ2) is 11.7. The Hall–Kier alpha value is -1.14. The maximum atomic E-state index is 5.44. The van der Waals surface area contributed by atoms with Gasteiger partial charge < -0.3 is 19.3 Å². The lowest BCUT2D eigenvalue weighted by Gasteiger charge is -2.11.